The second kappa shape index (κ2) is 18.2. The van der Waals surface area contributed by atoms with Gasteiger partial charge < -0.3 is 9.47 Å². The Kier molecular flexibility index (Phi) is 13.1. The molecule has 39 heavy (non-hydrogen) atoms. The molecule has 0 saturated heterocycles. The molecule has 0 aliphatic heterocycles. The summed E-state index contributed by atoms with van der Waals surface area (Å²) in [5.74, 6) is 49.8. The number of aromatic nitrogens is 2. The highest BCUT2D eigenvalue weighted by atomic mass is 16.5. The van der Waals surface area contributed by atoms with E-state index in [1.165, 1.54) is 23.3 Å². The van der Waals surface area contributed by atoms with Gasteiger partial charge in [-0.15, -0.1) is 6.42 Å². The minimum Gasteiger partial charge on any atom is -0.444 e. The van der Waals surface area contributed by atoms with Crippen LogP contribution in [0.5, 0.6) is 5.75 Å². The second-order valence-corrected chi connectivity index (χ2v) is 6.40. The van der Waals surface area contributed by atoms with Gasteiger partial charge in [0.15, 0.2) is 0 Å². The highest BCUT2D eigenvalue weighted by molar-refractivity contribution is 5.70. The molecule has 0 aliphatic rings. The van der Waals surface area contributed by atoms with Gasteiger partial charge in [0.05, 0.1) is 0 Å². The van der Waals surface area contributed by atoms with Gasteiger partial charge in [0.25, 0.3) is 0 Å². The topological polar surface area (TPSA) is 53.4 Å². The van der Waals surface area contributed by atoms with Gasteiger partial charge in [-0.2, -0.15) is 0 Å². The summed E-state index contributed by atoms with van der Waals surface area (Å²) in [5.41, 5.74) is 1.66. The number of ether oxygens (including phenoxy) is 2. The van der Waals surface area contributed by atoms with Crippen molar-refractivity contribution in [3.8, 4) is 137 Å². The van der Waals surface area contributed by atoms with E-state index in [2.05, 4.69) is 129 Å². The number of hydrogen-bond acceptors (Lipinski definition) is 4. The summed E-state index contributed by atoms with van der Waals surface area (Å²) in [6.45, 7) is 1.96. The number of rotatable bonds is 3. The molecule has 0 aliphatic carbocycles. The first-order valence-corrected chi connectivity index (χ1v) is 10.6. The van der Waals surface area contributed by atoms with E-state index in [4.69, 9.17) is 15.9 Å². The fourth-order valence-corrected chi connectivity index (χ4v) is 2.23. The van der Waals surface area contributed by atoms with E-state index in [0.717, 1.165) is 11.1 Å². The van der Waals surface area contributed by atoms with Crippen LogP contribution in [-0.2, 0) is 11.3 Å². The van der Waals surface area contributed by atoms with E-state index < -0.39 is 6.09 Å². The van der Waals surface area contributed by atoms with Crippen LogP contribution < -0.4 is 4.74 Å². The van der Waals surface area contributed by atoms with Crippen molar-refractivity contribution in [1.82, 2.24) is 9.55 Å². The largest absolute Gasteiger partial charge is 0.444 e. The van der Waals surface area contributed by atoms with E-state index in [9.17, 15) is 4.79 Å². The summed E-state index contributed by atoms with van der Waals surface area (Å²) in [6.07, 6.45) is 11.2. The standard InChI is InChI=1S/C34H12N2O3/c1-3-4-5-6-7-8-9-10-11-12-13-14-15-16-17-18-19-20-21-22-25-38-33-27-31(2)26-32(28-33)29-39-34(37)36-24-23-35-30-36/h1,23-24,26-28,30H,29H2,2H3. The number of terminal acetylenes is 1. The molecule has 2 aromatic rings. The lowest BCUT2D eigenvalue weighted by Crippen LogP contribution is -2.11. The van der Waals surface area contributed by atoms with E-state index in [1.54, 1.807) is 12.1 Å². The fourth-order valence-electron chi connectivity index (χ4n) is 2.23. The Morgan fingerprint density at radius 2 is 1.28 bits per heavy atom. The molecule has 0 unspecified atom stereocenters. The smallest absolute Gasteiger partial charge is 0.419 e. The van der Waals surface area contributed by atoms with Gasteiger partial charge in [-0.25, -0.2) is 14.3 Å². The third-order valence-corrected chi connectivity index (χ3v) is 3.61. The minimum atomic E-state index is -0.530. The number of carbonyl (C=O) groups excluding carboxylic acids is 1. The molecule has 0 bridgehead atoms. The Bertz CT molecular complexity index is 1920. The van der Waals surface area contributed by atoms with Crippen molar-refractivity contribution in [2.45, 2.75) is 13.5 Å². The molecule has 5 heteroatoms. The van der Waals surface area contributed by atoms with Crippen LogP contribution in [0.1, 0.15) is 11.1 Å². The average Bonchev–Trinajstić information content (AvgIpc) is 3.48. The van der Waals surface area contributed by atoms with Crippen LogP contribution in [0.4, 0.5) is 4.79 Å². The SMILES string of the molecule is C#CC#CC#CC#CC#CC#CC#CC#CC#CC#CC#COc1cc(C)cc(COC(=O)n2ccnc2)c1. The van der Waals surface area contributed by atoms with Crippen LogP contribution in [0.3, 0.4) is 0 Å². The Balaban J connectivity index is 1.79. The molecule has 176 valence electrons. The van der Waals surface area contributed by atoms with Crippen molar-refractivity contribution in [2.24, 2.45) is 0 Å². The molecule has 1 aromatic heterocycles. The van der Waals surface area contributed by atoms with Gasteiger partial charge in [0.1, 0.15) is 24.8 Å². The summed E-state index contributed by atoms with van der Waals surface area (Å²) in [7, 11) is 0. The zero-order chi connectivity index (χ0) is 27.8. The molecule has 1 heterocycles. The summed E-state index contributed by atoms with van der Waals surface area (Å²) in [4.78, 5) is 15.7. The first kappa shape index (κ1) is 28.1. The van der Waals surface area contributed by atoms with Crippen molar-refractivity contribution in [1.29, 1.82) is 0 Å². The third-order valence-electron chi connectivity index (χ3n) is 3.61. The lowest BCUT2D eigenvalue weighted by Gasteiger charge is -2.07. The average molecular weight is 496 g/mol. The molecule has 0 fully saturated rings. The molecule has 0 saturated carbocycles. The maximum atomic E-state index is 11.9. The van der Waals surface area contributed by atoms with Crippen LogP contribution in [0, 0.1) is 138 Å². The molecule has 5 nitrogen and oxygen atoms in total. The maximum absolute atomic E-state index is 11.9. The maximum Gasteiger partial charge on any atom is 0.419 e. The van der Waals surface area contributed by atoms with Crippen LogP contribution >= 0.6 is 0 Å². The Morgan fingerprint density at radius 3 is 1.77 bits per heavy atom. The Labute approximate surface area is 228 Å². The second-order valence-electron chi connectivity index (χ2n) is 6.40. The first-order chi connectivity index (χ1) is 19.2. The van der Waals surface area contributed by atoms with Crippen LogP contribution in [0.25, 0.3) is 0 Å². The quantitative estimate of drug-likeness (QED) is 0.613. The van der Waals surface area contributed by atoms with Crippen molar-refractivity contribution in [3.63, 3.8) is 0 Å². The van der Waals surface area contributed by atoms with Crippen molar-refractivity contribution >= 4 is 6.09 Å². The normalized spacial score (nSPS) is 6.77. The third kappa shape index (κ3) is 13.4. The summed E-state index contributed by atoms with van der Waals surface area (Å²) >= 11 is 0. The summed E-state index contributed by atoms with van der Waals surface area (Å²) in [5, 5.41) is 0. The number of carbonyl (C=O) groups is 1. The van der Waals surface area contributed by atoms with E-state index in [1.807, 2.05) is 13.0 Å². The van der Waals surface area contributed by atoms with Gasteiger partial charge >= 0.3 is 6.09 Å². The van der Waals surface area contributed by atoms with E-state index in [-0.39, 0.29) is 6.61 Å². The van der Waals surface area contributed by atoms with Crippen molar-refractivity contribution in [3.05, 3.63) is 48.0 Å². The summed E-state index contributed by atoms with van der Waals surface area (Å²) in [6, 6.07) is 5.38. The zero-order valence-corrected chi connectivity index (χ0v) is 20.4. The molecule has 0 amide bonds. The predicted octanol–water partition coefficient (Wildman–Crippen LogP) is 2.38. The lowest BCUT2D eigenvalue weighted by molar-refractivity contribution is 0.141. The van der Waals surface area contributed by atoms with Gasteiger partial charge in [0, 0.05) is 83.4 Å². The fraction of sp³-hybridized carbons (Fsp3) is 0.0588. The molecule has 1 aromatic carbocycles. The van der Waals surface area contributed by atoms with Crippen molar-refractivity contribution in [2.75, 3.05) is 0 Å². The minimum absolute atomic E-state index is 0.0703. The number of nitrogens with zero attached hydrogens (tertiary/aromatic N) is 2. The predicted molar refractivity (Wildman–Crippen MR) is 146 cm³/mol. The lowest BCUT2D eigenvalue weighted by atomic mass is 10.1. The first-order valence-electron chi connectivity index (χ1n) is 10.6. The van der Waals surface area contributed by atoms with Gasteiger partial charge in [-0.05, 0) is 77.5 Å². The van der Waals surface area contributed by atoms with Gasteiger partial charge in [-0.1, -0.05) is 6.07 Å². The summed E-state index contributed by atoms with van der Waals surface area (Å²) < 4.78 is 11.9. The molecule has 0 atom stereocenters. The van der Waals surface area contributed by atoms with Crippen LogP contribution in [-0.4, -0.2) is 15.6 Å². The number of imidazole rings is 1. The molecular weight excluding hydrogens is 484 g/mol. The number of benzene rings is 1. The number of hydrogen-bond donors (Lipinski definition) is 0. The highest BCUT2D eigenvalue weighted by Gasteiger charge is 2.06. The van der Waals surface area contributed by atoms with Crippen LogP contribution in [0.2, 0.25) is 0 Å². The zero-order valence-electron chi connectivity index (χ0n) is 20.4. The van der Waals surface area contributed by atoms with E-state index >= 15 is 0 Å². The number of aryl methyl sites for hydroxylation is 1. The molecule has 2 rings (SSSR count). The van der Waals surface area contributed by atoms with E-state index in [0.29, 0.717) is 5.75 Å². The van der Waals surface area contributed by atoms with Gasteiger partial charge in [-0.3, -0.25) is 0 Å². The monoisotopic (exact) mass is 496 g/mol. The molecule has 0 spiro atoms. The Hall–Kier alpha value is -7.14. The Morgan fingerprint density at radius 1 is 0.769 bits per heavy atom. The van der Waals surface area contributed by atoms with Crippen molar-refractivity contribution < 1.29 is 14.3 Å². The molecule has 0 N–H and O–H groups in total. The van der Waals surface area contributed by atoms with Gasteiger partial charge in [0.2, 0.25) is 0 Å². The highest BCUT2D eigenvalue weighted by Crippen LogP contribution is 2.17. The van der Waals surface area contributed by atoms with Crippen LogP contribution in [0.15, 0.2) is 36.9 Å². The molecule has 0 radical (unpaired) electrons. The molecular formula is C34H12N2O3.